The average Bonchev–Trinajstić information content (AvgIpc) is 3.00. The molecule has 3 fully saturated rings. The van der Waals surface area contributed by atoms with E-state index in [2.05, 4.69) is 19.7 Å². The Balaban J connectivity index is 1.46. The summed E-state index contributed by atoms with van der Waals surface area (Å²) in [7, 11) is 1.76. The molecule has 0 unspecified atom stereocenters. The normalized spacial score (nSPS) is 29.0. The Kier molecular flexibility index (Phi) is 5.62. The molecule has 0 atom stereocenters. The highest BCUT2D eigenvalue weighted by Gasteiger charge is 2.37. The second-order valence-corrected chi connectivity index (χ2v) is 8.92. The van der Waals surface area contributed by atoms with Gasteiger partial charge in [-0.05, 0) is 50.5 Å². The summed E-state index contributed by atoms with van der Waals surface area (Å²) in [5.41, 5.74) is 6.58. The Labute approximate surface area is 157 Å². The standard InChI is InChI=1S/C20H35N5O/c1-26-11-10-25-18(22-23-19(25)16-12-17(21)13-16)14-24-9-5-8-20(15-24)6-3-2-4-7-20/h16-17H,2-15,21H2,1H3. The molecule has 0 bridgehead atoms. The minimum atomic E-state index is 0.337. The van der Waals surface area contributed by atoms with E-state index in [0.29, 0.717) is 24.0 Å². The zero-order chi connectivity index (χ0) is 18.0. The monoisotopic (exact) mass is 361 g/mol. The van der Waals surface area contributed by atoms with Crippen molar-refractivity contribution in [3.05, 3.63) is 11.6 Å². The van der Waals surface area contributed by atoms with Crippen molar-refractivity contribution in [2.45, 2.75) is 82.8 Å². The van der Waals surface area contributed by atoms with Crippen LogP contribution in [0.4, 0.5) is 0 Å². The van der Waals surface area contributed by atoms with Gasteiger partial charge in [0.2, 0.25) is 0 Å². The highest BCUT2D eigenvalue weighted by molar-refractivity contribution is 5.09. The molecule has 1 aliphatic heterocycles. The van der Waals surface area contributed by atoms with Crippen molar-refractivity contribution in [1.82, 2.24) is 19.7 Å². The van der Waals surface area contributed by atoms with E-state index in [0.717, 1.165) is 37.6 Å². The highest BCUT2D eigenvalue weighted by atomic mass is 16.5. The molecule has 1 saturated heterocycles. The van der Waals surface area contributed by atoms with Gasteiger partial charge in [-0.3, -0.25) is 4.90 Å². The van der Waals surface area contributed by atoms with Gasteiger partial charge in [0.15, 0.2) is 0 Å². The van der Waals surface area contributed by atoms with E-state index in [1.165, 1.54) is 58.0 Å². The van der Waals surface area contributed by atoms with Crippen LogP contribution in [0.15, 0.2) is 0 Å². The molecule has 6 heteroatoms. The molecule has 0 aromatic carbocycles. The number of nitrogens with two attached hydrogens (primary N) is 1. The van der Waals surface area contributed by atoms with Gasteiger partial charge in [-0.1, -0.05) is 19.3 Å². The largest absolute Gasteiger partial charge is 0.383 e. The molecule has 2 saturated carbocycles. The van der Waals surface area contributed by atoms with Crippen molar-refractivity contribution in [3.8, 4) is 0 Å². The van der Waals surface area contributed by atoms with Crippen LogP contribution < -0.4 is 5.73 Å². The molecule has 1 aromatic rings. The predicted molar refractivity (Wildman–Crippen MR) is 102 cm³/mol. The molecule has 0 radical (unpaired) electrons. The summed E-state index contributed by atoms with van der Waals surface area (Å²) < 4.78 is 7.66. The van der Waals surface area contributed by atoms with Crippen molar-refractivity contribution in [1.29, 1.82) is 0 Å². The lowest BCUT2D eigenvalue weighted by atomic mass is 9.69. The van der Waals surface area contributed by atoms with Gasteiger partial charge in [0, 0.05) is 32.2 Å². The van der Waals surface area contributed by atoms with E-state index in [1.807, 2.05) is 0 Å². The van der Waals surface area contributed by atoms with Crippen LogP contribution in [0, 0.1) is 5.41 Å². The van der Waals surface area contributed by atoms with Gasteiger partial charge in [-0.15, -0.1) is 10.2 Å². The Morgan fingerprint density at radius 1 is 1.12 bits per heavy atom. The lowest BCUT2D eigenvalue weighted by molar-refractivity contribution is 0.0470. The minimum Gasteiger partial charge on any atom is -0.383 e. The van der Waals surface area contributed by atoms with Gasteiger partial charge in [0.1, 0.15) is 11.6 Å². The van der Waals surface area contributed by atoms with Crippen molar-refractivity contribution >= 4 is 0 Å². The number of ether oxygens (including phenoxy) is 1. The number of aromatic nitrogens is 3. The van der Waals surface area contributed by atoms with E-state index in [9.17, 15) is 0 Å². The molecule has 1 spiro atoms. The Bertz CT molecular complexity index is 584. The average molecular weight is 362 g/mol. The van der Waals surface area contributed by atoms with Crippen LogP contribution in [0.2, 0.25) is 0 Å². The quantitative estimate of drug-likeness (QED) is 0.844. The van der Waals surface area contributed by atoms with E-state index < -0.39 is 0 Å². The summed E-state index contributed by atoms with van der Waals surface area (Å²) in [6.45, 7) is 4.92. The van der Waals surface area contributed by atoms with Crippen LogP contribution in [0.1, 0.15) is 75.4 Å². The second kappa shape index (κ2) is 7.95. The molecule has 2 aliphatic carbocycles. The van der Waals surface area contributed by atoms with Crippen molar-refractivity contribution < 1.29 is 4.74 Å². The van der Waals surface area contributed by atoms with Gasteiger partial charge in [0.25, 0.3) is 0 Å². The van der Waals surface area contributed by atoms with Crippen LogP contribution in [0.25, 0.3) is 0 Å². The first-order valence-electron chi connectivity index (χ1n) is 10.6. The highest BCUT2D eigenvalue weighted by Crippen LogP contribution is 2.43. The second-order valence-electron chi connectivity index (χ2n) is 8.92. The van der Waals surface area contributed by atoms with Crippen molar-refractivity contribution in [2.75, 3.05) is 26.8 Å². The lowest BCUT2D eigenvalue weighted by Gasteiger charge is -2.45. The van der Waals surface area contributed by atoms with Crippen molar-refractivity contribution in [3.63, 3.8) is 0 Å². The predicted octanol–water partition coefficient (Wildman–Crippen LogP) is 2.68. The third-order valence-electron chi connectivity index (χ3n) is 6.93. The topological polar surface area (TPSA) is 69.2 Å². The molecule has 6 nitrogen and oxygen atoms in total. The van der Waals surface area contributed by atoms with Crippen LogP contribution >= 0.6 is 0 Å². The van der Waals surface area contributed by atoms with Crippen LogP contribution in [0.5, 0.6) is 0 Å². The first-order chi connectivity index (χ1) is 12.7. The van der Waals surface area contributed by atoms with E-state index in [4.69, 9.17) is 10.5 Å². The summed E-state index contributed by atoms with van der Waals surface area (Å²) in [5, 5.41) is 9.17. The minimum absolute atomic E-state index is 0.337. The number of nitrogens with zero attached hydrogens (tertiary/aromatic N) is 4. The summed E-state index contributed by atoms with van der Waals surface area (Å²) in [4.78, 5) is 2.64. The van der Waals surface area contributed by atoms with Gasteiger partial charge >= 0.3 is 0 Å². The molecule has 2 N–H and O–H groups in total. The fourth-order valence-corrected chi connectivity index (χ4v) is 5.42. The van der Waals surface area contributed by atoms with E-state index in [-0.39, 0.29) is 0 Å². The molecular weight excluding hydrogens is 326 g/mol. The smallest absolute Gasteiger partial charge is 0.147 e. The summed E-state index contributed by atoms with van der Waals surface area (Å²) in [6.07, 6.45) is 11.9. The fourth-order valence-electron chi connectivity index (χ4n) is 5.42. The van der Waals surface area contributed by atoms with Gasteiger partial charge in [-0.2, -0.15) is 0 Å². The lowest BCUT2D eigenvalue weighted by Crippen LogP contribution is -2.44. The first-order valence-corrected chi connectivity index (χ1v) is 10.6. The van der Waals surface area contributed by atoms with Crippen LogP contribution in [0.3, 0.4) is 0 Å². The Morgan fingerprint density at radius 3 is 2.62 bits per heavy atom. The molecule has 146 valence electrons. The zero-order valence-corrected chi connectivity index (χ0v) is 16.3. The molecule has 3 aliphatic rings. The van der Waals surface area contributed by atoms with Crippen LogP contribution in [-0.2, 0) is 17.8 Å². The molecule has 4 rings (SSSR count). The molecule has 0 amide bonds. The number of piperidine rings is 1. The third kappa shape index (κ3) is 3.82. The van der Waals surface area contributed by atoms with E-state index >= 15 is 0 Å². The van der Waals surface area contributed by atoms with Gasteiger partial charge in [0.05, 0.1) is 13.2 Å². The summed E-state index contributed by atoms with van der Waals surface area (Å²) in [5.74, 6) is 2.72. The molecular formula is C20H35N5O. The first kappa shape index (κ1) is 18.4. The van der Waals surface area contributed by atoms with Gasteiger partial charge < -0.3 is 15.0 Å². The number of hydrogen-bond acceptors (Lipinski definition) is 5. The Morgan fingerprint density at radius 2 is 1.88 bits per heavy atom. The Hall–Kier alpha value is -0.980. The number of methoxy groups -OCH3 is 1. The van der Waals surface area contributed by atoms with Crippen molar-refractivity contribution in [2.24, 2.45) is 11.1 Å². The number of hydrogen-bond donors (Lipinski definition) is 1. The SMILES string of the molecule is COCCn1c(CN2CCCC3(CCCCC3)C2)nnc1C1CC(N)C1. The summed E-state index contributed by atoms with van der Waals surface area (Å²) in [6, 6.07) is 0.337. The molecule has 2 heterocycles. The fraction of sp³-hybridized carbons (Fsp3) is 0.900. The third-order valence-corrected chi connectivity index (χ3v) is 6.93. The van der Waals surface area contributed by atoms with E-state index in [1.54, 1.807) is 7.11 Å². The zero-order valence-electron chi connectivity index (χ0n) is 16.3. The maximum Gasteiger partial charge on any atom is 0.147 e. The number of rotatable bonds is 6. The molecule has 1 aromatic heterocycles. The van der Waals surface area contributed by atoms with Gasteiger partial charge in [-0.25, -0.2) is 0 Å². The maximum atomic E-state index is 6.00. The summed E-state index contributed by atoms with van der Waals surface area (Å²) >= 11 is 0. The maximum absolute atomic E-state index is 6.00. The molecule has 26 heavy (non-hydrogen) atoms. The van der Waals surface area contributed by atoms with Crippen LogP contribution in [-0.4, -0.2) is 52.5 Å². The number of likely N-dealkylation sites (tertiary alicyclic amines) is 1.